The Morgan fingerprint density at radius 3 is 2.47 bits per heavy atom. The fourth-order valence-corrected chi connectivity index (χ4v) is 4.26. The Bertz CT molecular complexity index is 1350. The number of fused-ring (bicyclic) bond motifs is 3. The number of hydrogen-bond donors (Lipinski definition) is 2. The van der Waals surface area contributed by atoms with E-state index >= 15 is 0 Å². The van der Waals surface area contributed by atoms with E-state index in [1.54, 1.807) is 7.11 Å². The quantitative estimate of drug-likeness (QED) is 0.468. The van der Waals surface area contributed by atoms with Gasteiger partial charge in [0.1, 0.15) is 5.75 Å². The summed E-state index contributed by atoms with van der Waals surface area (Å²) in [4.78, 5) is 18.4. The molecule has 2 N–H and O–H groups in total. The Hall–Kier alpha value is -4.06. The third-order valence-electron chi connectivity index (χ3n) is 5.90. The maximum atomic E-state index is 13.6. The van der Waals surface area contributed by atoms with Crippen molar-refractivity contribution in [3.63, 3.8) is 0 Å². The first-order valence-electron chi connectivity index (χ1n) is 10.5. The SMILES string of the molecule is COc1ccc([C@@H]2C(C(=O)Nc3ccccc3C)=C(C)Nc3nc4ccccc4n32)cc1. The van der Waals surface area contributed by atoms with Crippen LogP contribution in [0.2, 0.25) is 0 Å². The molecular formula is C26H24N4O2. The highest BCUT2D eigenvalue weighted by Crippen LogP contribution is 2.40. The molecule has 32 heavy (non-hydrogen) atoms. The van der Waals surface area contributed by atoms with Crippen LogP contribution in [0.25, 0.3) is 11.0 Å². The molecule has 4 aromatic rings. The number of ether oxygens (including phenoxy) is 1. The number of rotatable bonds is 4. The molecule has 5 rings (SSSR count). The van der Waals surface area contributed by atoms with Crippen molar-refractivity contribution in [1.29, 1.82) is 0 Å². The monoisotopic (exact) mass is 424 g/mol. The normalized spacial score (nSPS) is 15.3. The molecule has 2 heterocycles. The summed E-state index contributed by atoms with van der Waals surface area (Å²) >= 11 is 0. The highest BCUT2D eigenvalue weighted by Gasteiger charge is 2.34. The third kappa shape index (κ3) is 3.30. The highest BCUT2D eigenvalue weighted by molar-refractivity contribution is 6.06. The summed E-state index contributed by atoms with van der Waals surface area (Å²) in [6.07, 6.45) is 0. The molecule has 3 aromatic carbocycles. The highest BCUT2D eigenvalue weighted by atomic mass is 16.5. The van der Waals surface area contributed by atoms with Crippen molar-refractivity contribution in [3.05, 3.63) is 95.2 Å². The Morgan fingerprint density at radius 1 is 1.00 bits per heavy atom. The van der Waals surface area contributed by atoms with Gasteiger partial charge in [-0.25, -0.2) is 4.98 Å². The average Bonchev–Trinajstić information content (AvgIpc) is 3.17. The first kappa shape index (κ1) is 19.9. The van der Waals surface area contributed by atoms with Crippen molar-refractivity contribution in [3.8, 4) is 5.75 Å². The van der Waals surface area contributed by atoms with Gasteiger partial charge in [0, 0.05) is 11.4 Å². The molecular weight excluding hydrogens is 400 g/mol. The lowest BCUT2D eigenvalue weighted by Gasteiger charge is -2.31. The average molecular weight is 425 g/mol. The minimum atomic E-state index is -0.339. The van der Waals surface area contributed by atoms with Crippen molar-refractivity contribution in [1.82, 2.24) is 9.55 Å². The number of nitrogens with zero attached hydrogens (tertiary/aromatic N) is 2. The van der Waals surface area contributed by atoms with E-state index in [0.717, 1.165) is 45.2 Å². The predicted octanol–water partition coefficient (Wildman–Crippen LogP) is 5.28. The van der Waals surface area contributed by atoms with Crippen LogP contribution >= 0.6 is 0 Å². The number of anilines is 2. The van der Waals surface area contributed by atoms with E-state index < -0.39 is 0 Å². The van der Waals surface area contributed by atoms with Gasteiger partial charge < -0.3 is 15.4 Å². The summed E-state index contributed by atoms with van der Waals surface area (Å²) in [7, 11) is 1.64. The number of methoxy groups -OCH3 is 1. The number of benzene rings is 3. The summed E-state index contributed by atoms with van der Waals surface area (Å²) in [6.45, 7) is 3.91. The summed E-state index contributed by atoms with van der Waals surface area (Å²) < 4.78 is 7.44. The lowest BCUT2D eigenvalue weighted by Crippen LogP contribution is -2.31. The molecule has 160 valence electrons. The van der Waals surface area contributed by atoms with Crippen LogP contribution in [0.5, 0.6) is 5.75 Å². The molecule has 1 aliphatic rings. The van der Waals surface area contributed by atoms with Gasteiger partial charge in [-0.1, -0.05) is 42.5 Å². The number of imidazole rings is 1. The van der Waals surface area contributed by atoms with Crippen LogP contribution in [0.4, 0.5) is 11.6 Å². The molecule has 0 aliphatic carbocycles. The molecule has 6 nitrogen and oxygen atoms in total. The van der Waals surface area contributed by atoms with E-state index in [2.05, 4.69) is 15.2 Å². The van der Waals surface area contributed by atoms with E-state index in [0.29, 0.717) is 5.57 Å². The molecule has 1 atom stereocenters. The van der Waals surface area contributed by atoms with Crippen LogP contribution < -0.4 is 15.4 Å². The number of nitrogens with one attached hydrogen (secondary N) is 2. The van der Waals surface area contributed by atoms with Gasteiger partial charge in [0.15, 0.2) is 0 Å². The zero-order chi connectivity index (χ0) is 22.2. The number of allylic oxidation sites excluding steroid dienone is 1. The fourth-order valence-electron chi connectivity index (χ4n) is 4.26. The molecule has 1 amide bonds. The van der Waals surface area contributed by atoms with Crippen LogP contribution in [0.15, 0.2) is 84.1 Å². The number of carbonyl (C=O) groups is 1. The van der Waals surface area contributed by atoms with Crippen LogP contribution in [0, 0.1) is 6.92 Å². The van der Waals surface area contributed by atoms with Gasteiger partial charge in [0.05, 0.1) is 29.8 Å². The molecule has 0 saturated heterocycles. The van der Waals surface area contributed by atoms with Gasteiger partial charge in [0.2, 0.25) is 5.95 Å². The Kier molecular flexibility index (Phi) is 4.90. The van der Waals surface area contributed by atoms with E-state index in [1.807, 2.05) is 86.6 Å². The van der Waals surface area contributed by atoms with Crippen molar-refractivity contribution in [2.24, 2.45) is 0 Å². The fraction of sp³-hybridized carbons (Fsp3) is 0.154. The number of aromatic nitrogens is 2. The second kappa shape index (κ2) is 7.89. The van der Waals surface area contributed by atoms with E-state index in [9.17, 15) is 4.79 Å². The smallest absolute Gasteiger partial charge is 0.255 e. The van der Waals surface area contributed by atoms with E-state index in [-0.39, 0.29) is 11.9 Å². The maximum absolute atomic E-state index is 13.6. The summed E-state index contributed by atoms with van der Waals surface area (Å²) in [5.74, 6) is 1.34. The molecule has 0 fully saturated rings. The summed E-state index contributed by atoms with van der Waals surface area (Å²) in [5.41, 5.74) is 6.05. The lowest BCUT2D eigenvalue weighted by atomic mass is 9.94. The predicted molar refractivity (Wildman–Crippen MR) is 127 cm³/mol. The van der Waals surface area contributed by atoms with E-state index in [1.165, 1.54) is 0 Å². The zero-order valence-electron chi connectivity index (χ0n) is 18.2. The second-order valence-electron chi connectivity index (χ2n) is 7.90. The summed E-state index contributed by atoms with van der Waals surface area (Å²) in [6, 6.07) is 23.3. The first-order valence-corrected chi connectivity index (χ1v) is 10.5. The molecule has 6 heteroatoms. The van der Waals surface area contributed by atoms with Crippen LogP contribution in [0.3, 0.4) is 0 Å². The first-order chi connectivity index (χ1) is 15.6. The van der Waals surface area contributed by atoms with Crippen LogP contribution in [-0.2, 0) is 4.79 Å². The Balaban J connectivity index is 1.66. The van der Waals surface area contributed by atoms with Gasteiger partial charge in [-0.05, 0) is 55.3 Å². The maximum Gasteiger partial charge on any atom is 0.255 e. The molecule has 0 saturated carbocycles. The van der Waals surface area contributed by atoms with Gasteiger partial charge in [-0.3, -0.25) is 9.36 Å². The Morgan fingerprint density at radius 2 is 1.72 bits per heavy atom. The molecule has 0 radical (unpaired) electrons. The Labute approximate surface area is 186 Å². The van der Waals surface area contributed by atoms with Gasteiger partial charge in [0.25, 0.3) is 5.91 Å². The van der Waals surface area contributed by atoms with E-state index in [4.69, 9.17) is 9.72 Å². The van der Waals surface area contributed by atoms with Gasteiger partial charge in [-0.2, -0.15) is 0 Å². The van der Waals surface area contributed by atoms with Crippen molar-refractivity contribution in [2.45, 2.75) is 19.9 Å². The van der Waals surface area contributed by atoms with Gasteiger partial charge >= 0.3 is 0 Å². The van der Waals surface area contributed by atoms with Crippen molar-refractivity contribution in [2.75, 3.05) is 17.7 Å². The molecule has 0 bridgehead atoms. The number of hydrogen-bond acceptors (Lipinski definition) is 4. The largest absolute Gasteiger partial charge is 0.497 e. The minimum Gasteiger partial charge on any atom is -0.497 e. The number of carbonyl (C=O) groups excluding carboxylic acids is 1. The number of amides is 1. The van der Waals surface area contributed by atoms with Crippen LogP contribution in [-0.4, -0.2) is 22.6 Å². The lowest BCUT2D eigenvalue weighted by molar-refractivity contribution is -0.113. The molecule has 0 spiro atoms. The zero-order valence-corrected chi connectivity index (χ0v) is 18.2. The standard InChI is InChI=1S/C26H24N4O2/c1-16-8-4-5-9-20(16)28-25(31)23-17(2)27-26-29-21-10-6-7-11-22(21)30(26)24(23)18-12-14-19(32-3)15-13-18/h4-15,24H,1-3H3,(H,27,29)(H,28,31)/t24-/m1/s1. The summed E-state index contributed by atoms with van der Waals surface area (Å²) in [5, 5.41) is 6.46. The molecule has 1 aliphatic heterocycles. The van der Waals surface area contributed by atoms with Crippen LogP contribution in [0.1, 0.15) is 24.1 Å². The number of para-hydroxylation sites is 3. The second-order valence-corrected chi connectivity index (χ2v) is 7.90. The molecule has 0 unspecified atom stereocenters. The topological polar surface area (TPSA) is 68.2 Å². The third-order valence-corrected chi connectivity index (χ3v) is 5.90. The number of aryl methyl sites for hydroxylation is 1. The minimum absolute atomic E-state index is 0.145. The van der Waals surface area contributed by atoms with Crippen molar-refractivity contribution < 1.29 is 9.53 Å². The van der Waals surface area contributed by atoms with Gasteiger partial charge in [-0.15, -0.1) is 0 Å². The molecule has 1 aromatic heterocycles. The van der Waals surface area contributed by atoms with Crippen molar-refractivity contribution >= 4 is 28.6 Å².